The second kappa shape index (κ2) is 9.26. The number of hydrogen-bond acceptors (Lipinski definition) is 5. The summed E-state index contributed by atoms with van der Waals surface area (Å²) in [5.41, 5.74) is 2.43. The summed E-state index contributed by atoms with van der Waals surface area (Å²) >= 11 is 1.64. The number of piperidine rings is 1. The molecule has 5 rings (SSSR count). The molecule has 1 aromatic carbocycles. The molecule has 1 saturated heterocycles. The first kappa shape index (κ1) is 20.9. The maximum absolute atomic E-state index is 13.1. The van der Waals surface area contributed by atoms with Crippen LogP contribution in [0.25, 0.3) is 0 Å². The maximum Gasteiger partial charge on any atom is 0.274 e. The molecule has 4 heterocycles. The molecular weight excluding hydrogens is 424 g/mol. The first-order valence-electron chi connectivity index (χ1n) is 11.0. The van der Waals surface area contributed by atoms with E-state index in [1.807, 2.05) is 45.2 Å². The summed E-state index contributed by atoms with van der Waals surface area (Å²) in [5, 5.41) is 5.03. The first-order chi connectivity index (χ1) is 15.7. The molecule has 8 heteroatoms. The molecule has 3 aromatic rings. The SMILES string of the molecule is O=C(NCc1cccs1)C1CCN(C(=O)c2ncn3c2CO[C@@H](c2ccccc2)C3)CC1. The number of carbonyl (C=O) groups is 2. The van der Waals surface area contributed by atoms with Crippen LogP contribution in [-0.4, -0.2) is 39.4 Å². The zero-order chi connectivity index (χ0) is 21.9. The summed E-state index contributed by atoms with van der Waals surface area (Å²) in [6, 6.07) is 14.1. The Balaban J connectivity index is 1.17. The monoisotopic (exact) mass is 450 g/mol. The predicted octanol–water partition coefficient (Wildman–Crippen LogP) is 3.38. The number of aromatic nitrogens is 2. The van der Waals surface area contributed by atoms with Crippen LogP contribution in [0, 0.1) is 5.92 Å². The highest BCUT2D eigenvalue weighted by atomic mass is 32.1. The Morgan fingerprint density at radius 2 is 1.94 bits per heavy atom. The van der Waals surface area contributed by atoms with Gasteiger partial charge in [-0.3, -0.25) is 9.59 Å². The Hall–Kier alpha value is -2.97. The highest BCUT2D eigenvalue weighted by Crippen LogP contribution is 2.28. The number of hydrogen-bond donors (Lipinski definition) is 1. The van der Waals surface area contributed by atoms with Gasteiger partial charge in [-0.2, -0.15) is 0 Å². The van der Waals surface area contributed by atoms with E-state index in [2.05, 4.69) is 22.4 Å². The normalized spacial score (nSPS) is 18.9. The van der Waals surface area contributed by atoms with Gasteiger partial charge in [0.1, 0.15) is 6.10 Å². The van der Waals surface area contributed by atoms with Crippen molar-refractivity contribution >= 4 is 23.2 Å². The Kier molecular flexibility index (Phi) is 6.05. The molecule has 2 aliphatic rings. The topological polar surface area (TPSA) is 76.5 Å². The van der Waals surface area contributed by atoms with E-state index in [1.54, 1.807) is 17.7 Å². The minimum absolute atomic E-state index is 0.0377. The van der Waals surface area contributed by atoms with Crippen LogP contribution < -0.4 is 5.32 Å². The van der Waals surface area contributed by atoms with Crippen molar-refractivity contribution in [2.75, 3.05) is 13.1 Å². The van der Waals surface area contributed by atoms with Crippen LogP contribution in [0.1, 0.15) is 45.6 Å². The van der Waals surface area contributed by atoms with Crippen LogP contribution in [0.3, 0.4) is 0 Å². The van der Waals surface area contributed by atoms with Crippen LogP contribution >= 0.6 is 11.3 Å². The lowest BCUT2D eigenvalue weighted by atomic mass is 9.95. The maximum atomic E-state index is 13.1. The molecule has 0 aliphatic carbocycles. The third-order valence-electron chi connectivity index (χ3n) is 6.27. The van der Waals surface area contributed by atoms with Gasteiger partial charge in [-0.1, -0.05) is 36.4 Å². The van der Waals surface area contributed by atoms with Gasteiger partial charge in [-0.15, -0.1) is 11.3 Å². The number of thiophene rings is 1. The Labute approximate surface area is 191 Å². The van der Waals surface area contributed by atoms with Crippen molar-refractivity contribution in [1.29, 1.82) is 0 Å². The molecule has 7 nitrogen and oxygen atoms in total. The fourth-order valence-electron chi connectivity index (χ4n) is 4.40. The molecular formula is C24H26N4O3S. The minimum Gasteiger partial charge on any atom is -0.365 e. The molecule has 1 atom stereocenters. The number of fused-ring (bicyclic) bond motifs is 1. The van der Waals surface area contributed by atoms with E-state index in [4.69, 9.17) is 4.74 Å². The summed E-state index contributed by atoms with van der Waals surface area (Å²) < 4.78 is 8.08. The van der Waals surface area contributed by atoms with Crippen molar-refractivity contribution < 1.29 is 14.3 Å². The summed E-state index contributed by atoms with van der Waals surface area (Å²) in [5.74, 6) is -0.0481. The van der Waals surface area contributed by atoms with Crippen molar-refractivity contribution in [3.05, 3.63) is 76.0 Å². The molecule has 166 valence electrons. The van der Waals surface area contributed by atoms with Crippen molar-refractivity contribution in [1.82, 2.24) is 19.8 Å². The lowest BCUT2D eigenvalue weighted by molar-refractivity contribution is -0.126. The fourth-order valence-corrected chi connectivity index (χ4v) is 5.05. The molecule has 1 fully saturated rings. The number of imidazole rings is 1. The summed E-state index contributed by atoms with van der Waals surface area (Å²) in [4.78, 5) is 33.0. The van der Waals surface area contributed by atoms with E-state index >= 15 is 0 Å². The number of amides is 2. The number of rotatable bonds is 5. The largest absolute Gasteiger partial charge is 0.365 e. The molecule has 0 radical (unpaired) electrons. The number of nitrogens with zero attached hydrogens (tertiary/aromatic N) is 3. The molecule has 0 bridgehead atoms. The molecule has 1 N–H and O–H groups in total. The van der Waals surface area contributed by atoms with Crippen LogP contribution in [0.15, 0.2) is 54.2 Å². The van der Waals surface area contributed by atoms with Crippen molar-refractivity contribution in [2.45, 2.75) is 38.6 Å². The van der Waals surface area contributed by atoms with Gasteiger partial charge in [0.2, 0.25) is 5.91 Å². The van der Waals surface area contributed by atoms with Crippen molar-refractivity contribution in [2.24, 2.45) is 5.92 Å². The third-order valence-corrected chi connectivity index (χ3v) is 7.15. The number of ether oxygens (including phenoxy) is 1. The summed E-state index contributed by atoms with van der Waals surface area (Å²) in [7, 11) is 0. The minimum atomic E-state index is -0.0713. The van der Waals surface area contributed by atoms with E-state index in [0.717, 1.165) is 16.1 Å². The second-order valence-electron chi connectivity index (χ2n) is 8.27. The lowest BCUT2D eigenvalue weighted by Crippen LogP contribution is -2.43. The van der Waals surface area contributed by atoms with Crippen LogP contribution in [0.2, 0.25) is 0 Å². The molecule has 2 aliphatic heterocycles. The van der Waals surface area contributed by atoms with E-state index in [-0.39, 0.29) is 23.8 Å². The van der Waals surface area contributed by atoms with Crippen LogP contribution in [0.5, 0.6) is 0 Å². The molecule has 32 heavy (non-hydrogen) atoms. The van der Waals surface area contributed by atoms with Gasteiger partial charge in [0.25, 0.3) is 5.91 Å². The van der Waals surface area contributed by atoms with Gasteiger partial charge in [-0.25, -0.2) is 4.98 Å². The molecule has 0 unspecified atom stereocenters. The highest BCUT2D eigenvalue weighted by Gasteiger charge is 2.32. The average Bonchev–Trinajstić information content (AvgIpc) is 3.52. The zero-order valence-electron chi connectivity index (χ0n) is 17.8. The lowest BCUT2D eigenvalue weighted by Gasteiger charge is -2.31. The van der Waals surface area contributed by atoms with Gasteiger partial charge >= 0.3 is 0 Å². The van der Waals surface area contributed by atoms with E-state index in [9.17, 15) is 9.59 Å². The van der Waals surface area contributed by atoms with E-state index in [1.165, 1.54) is 0 Å². The Bertz CT molecular complexity index is 1070. The number of nitrogens with one attached hydrogen (secondary N) is 1. The van der Waals surface area contributed by atoms with Gasteiger partial charge < -0.3 is 19.5 Å². The van der Waals surface area contributed by atoms with E-state index in [0.29, 0.717) is 51.3 Å². The molecule has 0 spiro atoms. The van der Waals surface area contributed by atoms with Crippen molar-refractivity contribution in [3.8, 4) is 0 Å². The van der Waals surface area contributed by atoms with E-state index < -0.39 is 0 Å². The fraction of sp³-hybridized carbons (Fsp3) is 0.375. The van der Waals surface area contributed by atoms with Crippen LogP contribution in [0.4, 0.5) is 0 Å². The molecule has 2 amide bonds. The third kappa shape index (κ3) is 4.33. The predicted molar refractivity (Wildman–Crippen MR) is 121 cm³/mol. The highest BCUT2D eigenvalue weighted by molar-refractivity contribution is 7.09. The first-order valence-corrected chi connectivity index (χ1v) is 11.9. The van der Waals surface area contributed by atoms with Gasteiger partial charge in [0, 0.05) is 23.9 Å². The zero-order valence-corrected chi connectivity index (χ0v) is 18.6. The van der Waals surface area contributed by atoms with Gasteiger partial charge in [-0.05, 0) is 29.9 Å². The molecule has 2 aromatic heterocycles. The Morgan fingerprint density at radius 3 is 2.69 bits per heavy atom. The second-order valence-corrected chi connectivity index (χ2v) is 9.30. The van der Waals surface area contributed by atoms with Gasteiger partial charge in [0.05, 0.1) is 31.7 Å². The summed E-state index contributed by atoms with van der Waals surface area (Å²) in [6.45, 7) is 2.71. The average molecular weight is 451 g/mol. The number of benzene rings is 1. The Morgan fingerprint density at radius 1 is 1.12 bits per heavy atom. The number of likely N-dealkylation sites (tertiary alicyclic amines) is 1. The number of carbonyl (C=O) groups excluding carboxylic acids is 2. The summed E-state index contributed by atoms with van der Waals surface area (Å²) in [6.07, 6.45) is 3.05. The van der Waals surface area contributed by atoms with Gasteiger partial charge in [0.15, 0.2) is 5.69 Å². The quantitative estimate of drug-likeness (QED) is 0.647. The molecule has 0 saturated carbocycles. The van der Waals surface area contributed by atoms with Crippen molar-refractivity contribution in [3.63, 3.8) is 0 Å². The smallest absolute Gasteiger partial charge is 0.274 e. The van der Waals surface area contributed by atoms with Crippen LogP contribution in [-0.2, 0) is 29.2 Å². The standard InChI is InChI=1S/C24H26N4O3S/c29-23(25-13-19-7-4-12-32-19)18-8-10-27(11-9-18)24(30)22-20-15-31-21(14-28(20)16-26-22)17-5-2-1-3-6-17/h1-7,12,16,18,21H,8-11,13-15H2,(H,25,29)/t21-/m1/s1.